The van der Waals surface area contributed by atoms with Crippen LogP contribution in [0.25, 0.3) is 0 Å². The molecule has 0 bridgehead atoms. The minimum atomic E-state index is -2.54. The normalized spacial score (nSPS) is 18.8. The SMILES string of the molecule is CC.CC.O=CC1CC(F)(F)C1. The first-order valence-corrected chi connectivity index (χ1v) is 4.47. The van der Waals surface area contributed by atoms with Gasteiger partial charge in [-0.25, -0.2) is 8.78 Å². The molecular weight excluding hydrogens is 162 g/mol. The molecule has 1 nitrogen and oxygen atoms in total. The summed E-state index contributed by atoms with van der Waals surface area (Å²) in [7, 11) is 0. The Balaban J connectivity index is 0. The highest BCUT2D eigenvalue weighted by Crippen LogP contribution is 2.40. The lowest BCUT2D eigenvalue weighted by Crippen LogP contribution is -2.35. The number of halogens is 2. The van der Waals surface area contributed by atoms with Crippen LogP contribution in [0.2, 0.25) is 0 Å². The molecule has 0 N–H and O–H groups in total. The Labute approximate surface area is 73.2 Å². The van der Waals surface area contributed by atoms with Crippen LogP contribution in [0.3, 0.4) is 0 Å². The molecule has 0 heterocycles. The highest BCUT2D eigenvalue weighted by Gasteiger charge is 2.44. The monoisotopic (exact) mass is 180 g/mol. The Morgan fingerprint density at radius 1 is 1.17 bits per heavy atom. The second-order valence-electron chi connectivity index (χ2n) is 2.16. The maximum atomic E-state index is 11.8. The average molecular weight is 180 g/mol. The number of carbonyl (C=O) groups is 1. The van der Waals surface area contributed by atoms with E-state index in [0.29, 0.717) is 6.29 Å². The summed E-state index contributed by atoms with van der Waals surface area (Å²) in [5, 5.41) is 0. The number of hydrogen-bond acceptors (Lipinski definition) is 1. The van der Waals surface area contributed by atoms with Gasteiger partial charge in [0.15, 0.2) is 0 Å². The second-order valence-corrected chi connectivity index (χ2v) is 2.16. The third kappa shape index (κ3) is 5.22. The van der Waals surface area contributed by atoms with Crippen molar-refractivity contribution in [2.24, 2.45) is 5.92 Å². The number of rotatable bonds is 1. The van der Waals surface area contributed by atoms with Crippen molar-refractivity contribution in [3.63, 3.8) is 0 Å². The molecule has 0 amide bonds. The van der Waals surface area contributed by atoms with Gasteiger partial charge in [-0.2, -0.15) is 0 Å². The first-order valence-electron chi connectivity index (χ1n) is 4.47. The van der Waals surface area contributed by atoms with Gasteiger partial charge in [-0.1, -0.05) is 27.7 Å². The van der Waals surface area contributed by atoms with Crippen LogP contribution in [0, 0.1) is 5.92 Å². The van der Waals surface area contributed by atoms with Crippen LogP contribution in [-0.4, -0.2) is 12.2 Å². The molecule has 74 valence electrons. The molecule has 0 unspecified atom stereocenters. The summed E-state index contributed by atoms with van der Waals surface area (Å²) < 4.78 is 23.6. The average Bonchev–Trinajstić information content (AvgIpc) is 2.07. The molecule has 1 aliphatic rings. The lowest BCUT2D eigenvalue weighted by atomic mass is 9.83. The molecule has 1 fully saturated rings. The standard InChI is InChI=1S/C5H6F2O.2C2H6/c6-5(7)1-4(2-5)3-8;2*1-2/h3-4H,1-2H2;2*1-2H3. The van der Waals surface area contributed by atoms with E-state index in [4.69, 9.17) is 0 Å². The largest absolute Gasteiger partial charge is 0.303 e. The van der Waals surface area contributed by atoms with Crippen LogP contribution >= 0.6 is 0 Å². The second kappa shape index (κ2) is 7.19. The molecule has 0 aromatic carbocycles. The van der Waals surface area contributed by atoms with E-state index in [0.717, 1.165) is 0 Å². The fraction of sp³-hybridized carbons (Fsp3) is 0.889. The van der Waals surface area contributed by atoms with Crippen molar-refractivity contribution in [3.8, 4) is 0 Å². The minimum absolute atomic E-state index is 0.240. The zero-order chi connectivity index (χ0) is 10.2. The summed E-state index contributed by atoms with van der Waals surface area (Å²) in [4.78, 5) is 9.74. The van der Waals surface area contributed by atoms with E-state index < -0.39 is 5.92 Å². The quantitative estimate of drug-likeness (QED) is 0.566. The maximum Gasteiger partial charge on any atom is 0.249 e. The smallest absolute Gasteiger partial charge is 0.249 e. The molecule has 0 atom stereocenters. The van der Waals surface area contributed by atoms with Crippen LogP contribution in [0.5, 0.6) is 0 Å². The lowest BCUT2D eigenvalue weighted by molar-refractivity contribution is -0.137. The van der Waals surface area contributed by atoms with E-state index in [1.807, 2.05) is 27.7 Å². The van der Waals surface area contributed by atoms with Crippen LogP contribution in [0.1, 0.15) is 40.5 Å². The molecule has 3 heteroatoms. The fourth-order valence-electron chi connectivity index (χ4n) is 0.804. The predicted octanol–water partition coefficient (Wildman–Crippen LogP) is 3.28. The number of aldehydes is 1. The lowest BCUT2D eigenvalue weighted by Gasteiger charge is -2.30. The molecule has 0 aromatic heterocycles. The molecule has 1 aliphatic carbocycles. The van der Waals surface area contributed by atoms with Gasteiger partial charge in [-0.15, -0.1) is 0 Å². The third-order valence-corrected chi connectivity index (χ3v) is 1.31. The Morgan fingerprint density at radius 2 is 1.50 bits per heavy atom. The molecular formula is C9H18F2O. The Kier molecular flexibility index (Phi) is 8.44. The van der Waals surface area contributed by atoms with E-state index in [2.05, 4.69) is 0 Å². The summed E-state index contributed by atoms with van der Waals surface area (Å²) in [6.45, 7) is 8.00. The van der Waals surface area contributed by atoms with Crippen LogP contribution in [-0.2, 0) is 4.79 Å². The van der Waals surface area contributed by atoms with E-state index in [-0.39, 0.29) is 18.8 Å². The molecule has 0 saturated heterocycles. The fourth-order valence-corrected chi connectivity index (χ4v) is 0.804. The van der Waals surface area contributed by atoms with Gasteiger partial charge in [0, 0.05) is 18.8 Å². The number of carbonyl (C=O) groups excluding carboxylic acids is 1. The van der Waals surface area contributed by atoms with Gasteiger partial charge in [0.05, 0.1) is 0 Å². The zero-order valence-corrected chi connectivity index (χ0v) is 8.23. The van der Waals surface area contributed by atoms with Crippen molar-refractivity contribution in [3.05, 3.63) is 0 Å². The summed E-state index contributed by atoms with van der Waals surface area (Å²) in [5.74, 6) is -2.91. The van der Waals surface area contributed by atoms with E-state index in [1.165, 1.54) is 0 Å². The van der Waals surface area contributed by atoms with Crippen molar-refractivity contribution in [1.29, 1.82) is 0 Å². The third-order valence-electron chi connectivity index (χ3n) is 1.31. The van der Waals surface area contributed by atoms with E-state index in [9.17, 15) is 13.6 Å². The first-order chi connectivity index (χ1) is 5.64. The molecule has 1 rings (SSSR count). The molecule has 0 aliphatic heterocycles. The Morgan fingerprint density at radius 3 is 1.58 bits per heavy atom. The Hall–Kier alpha value is -0.470. The van der Waals surface area contributed by atoms with Crippen LogP contribution < -0.4 is 0 Å². The van der Waals surface area contributed by atoms with E-state index in [1.54, 1.807) is 0 Å². The van der Waals surface area contributed by atoms with Crippen molar-refractivity contribution in [1.82, 2.24) is 0 Å². The predicted molar refractivity (Wildman–Crippen MR) is 46.4 cm³/mol. The number of hydrogen-bond donors (Lipinski definition) is 0. The molecule has 1 saturated carbocycles. The van der Waals surface area contributed by atoms with E-state index >= 15 is 0 Å². The summed E-state index contributed by atoms with van der Waals surface area (Å²) in [6.07, 6.45) is 0.115. The van der Waals surface area contributed by atoms with Crippen molar-refractivity contribution in [2.45, 2.75) is 46.5 Å². The van der Waals surface area contributed by atoms with Crippen molar-refractivity contribution < 1.29 is 13.6 Å². The molecule has 12 heavy (non-hydrogen) atoms. The highest BCUT2D eigenvalue weighted by molar-refractivity contribution is 5.55. The minimum Gasteiger partial charge on any atom is -0.303 e. The van der Waals surface area contributed by atoms with Gasteiger partial charge in [-0.3, -0.25) is 0 Å². The summed E-state index contributed by atoms with van der Waals surface area (Å²) in [5.41, 5.74) is 0. The molecule has 0 radical (unpaired) electrons. The topological polar surface area (TPSA) is 17.1 Å². The van der Waals surface area contributed by atoms with Crippen molar-refractivity contribution >= 4 is 6.29 Å². The van der Waals surface area contributed by atoms with Crippen LogP contribution in [0.4, 0.5) is 8.78 Å². The zero-order valence-electron chi connectivity index (χ0n) is 8.23. The van der Waals surface area contributed by atoms with Gasteiger partial charge in [0.1, 0.15) is 6.29 Å². The summed E-state index contributed by atoms with van der Waals surface area (Å²) >= 11 is 0. The van der Waals surface area contributed by atoms with Gasteiger partial charge < -0.3 is 4.79 Å². The van der Waals surface area contributed by atoms with Gasteiger partial charge >= 0.3 is 0 Å². The van der Waals surface area contributed by atoms with Gasteiger partial charge in [-0.05, 0) is 0 Å². The first kappa shape index (κ1) is 14.1. The van der Waals surface area contributed by atoms with Gasteiger partial charge in [0.25, 0.3) is 0 Å². The molecule has 0 aromatic rings. The maximum absolute atomic E-state index is 11.8. The number of alkyl halides is 2. The van der Waals surface area contributed by atoms with Crippen molar-refractivity contribution in [2.75, 3.05) is 0 Å². The summed E-state index contributed by atoms with van der Waals surface area (Å²) in [6, 6.07) is 0. The van der Waals surface area contributed by atoms with Crippen LogP contribution in [0.15, 0.2) is 0 Å². The Bertz CT molecular complexity index is 105. The molecule has 0 spiro atoms. The van der Waals surface area contributed by atoms with Gasteiger partial charge in [0.2, 0.25) is 5.92 Å². The highest BCUT2D eigenvalue weighted by atomic mass is 19.3.